The first-order valence-electron chi connectivity index (χ1n) is 10.2. The van der Waals surface area contributed by atoms with Gasteiger partial charge in [0.25, 0.3) is 0 Å². The maximum absolute atomic E-state index is 4.90. The standard InChI is InChI=1S/C22H28N6S.HI/c1-2-24-22(28-13-11-27(12-14-28)21-4-3-15-29-21)25-16-19-5-7-20(8-6-19)17-26-10-9-23-18-26;/h3-10,15,18H,2,11-14,16-17H2,1H3,(H,24,25);1H. The summed E-state index contributed by atoms with van der Waals surface area (Å²) < 4.78 is 2.08. The third kappa shape index (κ3) is 5.98. The van der Waals surface area contributed by atoms with E-state index in [9.17, 15) is 0 Å². The number of imidazole rings is 1. The number of nitrogens with zero attached hydrogens (tertiary/aromatic N) is 5. The van der Waals surface area contributed by atoms with E-state index in [1.165, 1.54) is 16.1 Å². The highest BCUT2D eigenvalue weighted by molar-refractivity contribution is 14.0. The molecule has 8 heteroatoms. The molecule has 0 spiro atoms. The number of guanidine groups is 1. The lowest BCUT2D eigenvalue weighted by molar-refractivity contribution is 0.373. The second kappa shape index (κ2) is 11.4. The average molecular weight is 536 g/mol. The van der Waals surface area contributed by atoms with Crippen molar-refractivity contribution in [1.82, 2.24) is 19.8 Å². The monoisotopic (exact) mass is 536 g/mol. The van der Waals surface area contributed by atoms with E-state index in [1.54, 1.807) is 0 Å². The van der Waals surface area contributed by atoms with Crippen molar-refractivity contribution in [2.24, 2.45) is 4.99 Å². The highest BCUT2D eigenvalue weighted by Gasteiger charge is 2.20. The van der Waals surface area contributed by atoms with Crippen molar-refractivity contribution in [3.05, 3.63) is 71.6 Å². The summed E-state index contributed by atoms with van der Waals surface area (Å²) in [6, 6.07) is 13.0. The Balaban J connectivity index is 0.00000256. The Kier molecular flexibility index (Phi) is 8.56. The van der Waals surface area contributed by atoms with E-state index in [2.05, 4.69) is 73.4 Å². The highest BCUT2D eigenvalue weighted by Crippen LogP contribution is 2.22. The number of nitrogens with one attached hydrogen (secondary N) is 1. The van der Waals surface area contributed by atoms with Crippen LogP contribution in [0.25, 0.3) is 0 Å². The molecule has 6 nitrogen and oxygen atoms in total. The molecule has 3 aromatic rings. The Hall–Kier alpha value is -2.07. The predicted molar refractivity (Wildman–Crippen MR) is 136 cm³/mol. The maximum Gasteiger partial charge on any atom is 0.194 e. The van der Waals surface area contributed by atoms with Crippen LogP contribution in [0.15, 0.2) is 65.5 Å². The molecule has 0 aliphatic carbocycles. The molecule has 30 heavy (non-hydrogen) atoms. The highest BCUT2D eigenvalue weighted by atomic mass is 127. The van der Waals surface area contributed by atoms with E-state index in [-0.39, 0.29) is 24.0 Å². The van der Waals surface area contributed by atoms with Gasteiger partial charge in [-0.3, -0.25) is 0 Å². The topological polar surface area (TPSA) is 48.7 Å². The minimum atomic E-state index is 0. The van der Waals surface area contributed by atoms with E-state index in [0.717, 1.165) is 45.2 Å². The van der Waals surface area contributed by atoms with Crippen LogP contribution in [0, 0.1) is 0 Å². The Bertz CT molecular complexity index is 884. The summed E-state index contributed by atoms with van der Waals surface area (Å²) in [7, 11) is 0. The molecule has 1 aliphatic rings. The number of rotatable bonds is 6. The summed E-state index contributed by atoms with van der Waals surface area (Å²) in [5.74, 6) is 1.01. The zero-order valence-electron chi connectivity index (χ0n) is 17.3. The Labute approximate surface area is 199 Å². The van der Waals surface area contributed by atoms with Crippen LogP contribution < -0.4 is 10.2 Å². The third-order valence-corrected chi connectivity index (χ3v) is 6.02. The molecule has 1 aliphatic heterocycles. The van der Waals surface area contributed by atoms with Crippen LogP contribution in [0.4, 0.5) is 5.00 Å². The molecule has 0 atom stereocenters. The lowest BCUT2D eigenvalue weighted by atomic mass is 10.1. The van der Waals surface area contributed by atoms with Gasteiger partial charge in [-0.2, -0.15) is 0 Å². The third-order valence-electron chi connectivity index (χ3n) is 5.09. The van der Waals surface area contributed by atoms with Crippen LogP contribution in [0.5, 0.6) is 0 Å². The number of hydrogen-bond acceptors (Lipinski definition) is 4. The molecule has 0 amide bonds. The van der Waals surface area contributed by atoms with Crippen molar-refractivity contribution in [3.63, 3.8) is 0 Å². The molecule has 0 unspecified atom stereocenters. The number of piperazine rings is 1. The van der Waals surface area contributed by atoms with Gasteiger partial charge >= 0.3 is 0 Å². The van der Waals surface area contributed by atoms with Crippen molar-refractivity contribution < 1.29 is 0 Å². The lowest BCUT2D eigenvalue weighted by Gasteiger charge is -2.37. The molecule has 4 rings (SSSR count). The summed E-state index contributed by atoms with van der Waals surface area (Å²) >= 11 is 1.82. The molecule has 0 saturated carbocycles. The molecule has 1 aromatic carbocycles. The van der Waals surface area contributed by atoms with Gasteiger partial charge in [-0.15, -0.1) is 35.3 Å². The second-order valence-electron chi connectivity index (χ2n) is 7.15. The predicted octanol–water partition coefficient (Wildman–Crippen LogP) is 3.90. The van der Waals surface area contributed by atoms with Gasteiger partial charge in [0.05, 0.1) is 17.9 Å². The number of anilines is 1. The van der Waals surface area contributed by atoms with Gasteiger partial charge in [0.15, 0.2) is 5.96 Å². The summed E-state index contributed by atoms with van der Waals surface area (Å²) in [4.78, 5) is 13.8. The van der Waals surface area contributed by atoms with Crippen molar-refractivity contribution in [1.29, 1.82) is 0 Å². The van der Waals surface area contributed by atoms with Crippen molar-refractivity contribution in [2.75, 3.05) is 37.6 Å². The number of aliphatic imine (C=N–C) groups is 1. The van der Waals surface area contributed by atoms with Gasteiger partial charge in [0.2, 0.25) is 0 Å². The van der Waals surface area contributed by atoms with Gasteiger partial charge in [0, 0.05) is 51.7 Å². The fourth-order valence-corrected chi connectivity index (χ4v) is 4.31. The second-order valence-corrected chi connectivity index (χ2v) is 8.07. The fraction of sp³-hybridized carbons (Fsp3) is 0.364. The van der Waals surface area contributed by atoms with Gasteiger partial charge < -0.3 is 19.7 Å². The lowest BCUT2D eigenvalue weighted by Crippen LogP contribution is -2.52. The van der Waals surface area contributed by atoms with Crippen LogP contribution >= 0.6 is 35.3 Å². The summed E-state index contributed by atoms with van der Waals surface area (Å²) in [6.07, 6.45) is 5.64. The molecule has 160 valence electrons. The fourth-order valence-electron chi connectivity index (χ4n) is 3.52. The van der Waals surface area contributed by atoms with Gasteiger partial charge in [-0.05, 0) is 35.6 Å². The Morgan fingerprint density at radius 2 is 1.87 bits per heavy atom. The molecular weight excluding hydrogens is 507 g/mol. The summed E-state index contributed by atoms with van der Waals surface area (Å²) in [6.45, 7) is 8.61. The number of hydrogen-bond donors (Lipinski definition) is 1. The molecular formula is C22H29IN6S. The average Bonchev–Trinajstić information content (AvgIpc) is 3.47. The molecule has 0 radical (unpaired) electrons. The molecule has 3 heterocycles. The van der Waals surface area contributed by atoms with E-state index < -0.39 is 0 Å². The van der Waals surface area contributed by atoms with E-state index in [4.69, 9.17) is 4.99 Å². The first-order chi connectivity index (χ1) is 14.3. The minimum Gasteiger partial charge on any atom is -0.360 e. The molecule has 1 saturated heterocycles. The van der Waals surface area contributed by atoms with Crippen molar-refractivity contribution in [2.45, 2.75) is 20.0 Å². The van der Waals surface area contributed by atoms with Crippen LogP contribution in [0.1, 0.15) is 18.1 Å². The van der Waals surface area contributed by atoms with Gasteiger partial charge in [-0.25, -0.2) is 9.98 Å². The largest absolute Gasteiger partial charge is 0.360 e. The first kappa shape index (κ1) is 22.6. The number of benzene rings is 1. The van der Waals surface area contributed by atoms with Gasteiger partial charge in [-0.1, -0.05) is 24.3 Å². The Morgan fingerprint density at radius 1 is 1.10 bits per heavy atom. The number of aromatic nitrogens is 2. The smallest absolute Gasteiger partial charge is 0.194 e. The van der Waals surface area contributed by atoms with Crippen LogP contribution in [0.2, 0.25) is 0 Å². The minimum absolute atomic E-state index is 0. The molecule has 1 fully saturated rings. The van der Waals surface area contributed by atoms with E-state index >= 15 is 0 Å². The summed E-state index contributed by atoms with van der Waals surface area (Å²) in [5.41, 5.74) is 2.50. The normalized spacial score (nSPS) is 14.5. The SMILES string of the molecule is CCNC(=NCc1ccc(Cn2ccnc2)cc1)N1CCN(c2cccs2)CC1.I. The number of halogens is 1. The molecule has 0 bridgehead atoms. The van der Waals surface area contributed by atoms with E-state index in [0.29, 0.717) is 6.54 Å². The summed E-state index contributed by atoms with van der Waals surface area (Å²) in [5, 5.41) is 6.97. The molecule has 2 aromatic heterocycles. The number of thiophene rings is 1. The first-order valence-corrected chi connectivity index (χ1v) is 11.0. The molecule has 1 N–H and O–H groups in total. The quantitative estimate of drug-likeness (QED) is 0.295. The zero-order chi connectivity index (χ0) is 19.9. The Morgan fingerprint density at radius 3 is 2.50 bits per heavy atom. The zero-order valence-corrected chi connectivity index (χ0v) is 20.4. The van der Waals surface area contributed by atoms with Gasteiger partial charge in [0.1, 0.15) is 0 Å². The maximum atomic E-state index is 4.90. The van der Waals surface area contributed by atoms with E-state index in [1.807, 2.05) is 30.1 Å². The van der Waals surface area contributed by atoms with Crippen LogP contribution in [-0.4, -0.2) is 53.1 Å². The van der Waals surface area contributed by atoms with Crippen LogP contribution in [0.3, 0.4) is 0 Å². The van der Waals surface area contributed by atoms with Crippen molar-refractivity contribution >= 4 is 46.3 Å². The van der Waals surface area contributed by atoms with Crippen LogP contribution in [-0.2, 0) is 13.1 Å². The van der Waals surface area contributed by atoms with Crippen molar-refractivity contribution in [3.8, 4) is 0 Å².